The Morgan fingerprint density at radius 1 is 0.640 bits per heavy atom. The van der Waals surface area contributed by atoms with Crippen molar-refractivity contribution in [3.63, 3.8) is 0 Å². The first-order valence-corrected chi connectivity index (χ1v) is 11.0. The first-order chi connectivity index (χ1) is 11.7. The van der Waals surface area contributed by atoms with Crippen molar-refractivity contribution < 1.29 is 71.0 Å². The number of hydrogen-bond donors (Lipinski definition) is 6. The van der Waals surface area contributed by atoms with Crippen molar-refractivity contribution in [1.29, 1.82) is 0 Å². The predicted molar refractivity (Wildman–Crippen MR) is 73.7 cm³/mol. The van der Waals surface area contributed by atoms with Crippen molar-refractivity contribution in [3.05, 3.63) is 35.4 Å². The molecule has 0 aliphatic carbocycles. The fourth-order valence-electron chi connectivity index (χ4n) is 1.75. The molecule has 0 aromatic heterocycles. The number of hydrogen-bond acceptors (Lipinski definition) is 10. The van der Waals surface area contributed by atoms with Gasteiger partial charge in [-0.25, -0.2) is 0 Å². The number of aromatic hydroxyl groups is 6. The summed E-state index contributed by atoms with van der Waals surface area (Å²) in [6.07, 6.45) is 0. The van der Waals surface area contributed by atoms with Gasteiger partial charge in [-0.1, -0.05) is 0 Å². The van der Waals surface area contributed by atoms with E-state index in [9.17, 15) is 40.2 Å². The Morgan fingerprint density at radius 2 is 0.920 bits per heavy atom. The molecule has 128 valence electrons. The third kappa shape index (κ3) is 4.15. The molecule has 0 atom stereocenters. The van der Waals surface area contributed by atoms with Crippen LogP contribution in [0.4, 0.5) is 0 Å². The van der Waals surface area contributed by atoms with Crippen LogP contribution in [0.25, 0.3) is 0 Å². The van der Waals surface area contributed by atoms with Crippen LogP contribution in [0.1, 0.15) is 20.7 Å². The van der Waals surface area contributed by atoms with Gasteiger partial charge in [0, 0.05) is 0 Å². The number of carbonyl (C=O) groups excluding carboxylic acids is 2. The monoisotopic (exact) mass is 540 g/mol. The van der Waals surface area contributed by atoms with Crippen LogP contribution in [0.2, 0.25) is 0 Å². The van der Waals surface area contributed by atoms with Gasteiger partial charge in [0.2, 0.25) is 0 Å². The molecule has 2 aromatic carbocycles. The summed E-state index contributed by atoms with van der Waals surface area (Å²) in [6.45, 7) is 0. The molecule has 0 saturated heterocycles. The van der Waals surface area contributed by atoms with Gasteiger partial charge in [-0.05, 0) is 0 Å². The number of rotatable bonds is 4. The molecule has 0 saturated carbocycles. The third-order valence-corrected chi connectivity index (χ3v) is 5.95. The van der Waals surface area contributed by atoms with Crippen LogP contribution < -0.4 is 0 Å². The Morgan fingerprint density at radius 3 is 1.20 bits per heavy atom. The van der Waals surface area contributed by atoms with Crippen molar-refractivity contribution in [2.45, 2.75) is 0 Å². The minimum atomic E-state index is -2.99. The molecular weight excluding hydrogens is 529 g/mol. The topological polar surface area (TPSA) is 174 Å². The quantitative estimate of drug-likeness (QED) is 0.242. The summed E-state index contributed by atoms with van der Waals surface area (Å²) in [4.78, 5) is 23.5. The molecule has 2 aromatic rings. The van der Waals surface area contributed by atoms with Crippen molar-refractivity contribution in [2.75, 3.05) is 0 Å². The van der Waals surface area contributed by atoms with E-state index in [4.69, 9.17) is 5.29 Å². The van der Waals surface area contributed by atoms with Crippen LogP contribution in [-0.4, -0.2) is 42.6 Å². The van der Waals surface area contributed by atoms with Crippen molar-refractivity contribution >= 4 is 11.9 Å². The molecule has 0 bridgehead atoms. The molecule has 0 spiro atoms. The number of phenolic OH excluding ortho intramolecular Hbond substituents is 6. The second-order valence-electron chi connectivity index (χ2n) is 4.71. The molecule has 0 aliphatic heterocycles. The molecular formula is C14H10HgO10. The van der Waals surface area contributed by atoms with Gasteiger partial charge in [0.15, 0.2) is 0 Å². The first kappa shape index (κ1) is 18.5. The van der Waals surface area contributed by atoms with Crippen molar-refractivity contribution in [2.24, 2.45) is 0 Å². The summed E-state index contributed by atoms with van der Waals surface area (Å²) in [5, 5.41) is 55.6. The van der Waals surface area contributed by atoms with Crippen LogP contribution in [0, 0.1) is 0 Å². The van der Waals surface area contributed by atoms with Crippen LogP contribution in [-0.2, 0) is 30.8 Å². The Bertz CT molecular complexity index is 732. The van der Waals surface area contributed by atoms with Gasteiger partial charge in [0.1, 0.15) is 0 Å². The Kier molecular flexibility index (Phi) is 5.42. The number of carbonyl (C=O) groups is 2. The summed E-state index contributed by atoms with van der Waals surface area (Å²) in [5.74, 6) is -6.44. The average molecular weight is 539 g/mol. The fraction of sp³-hybridized carbons (Fsp3) is 0. The van der Waals surface area contributed by atoms with Gasteiger partial charge < -0.3 is 0 Å². The van der Waals surface area contributed by atoms with E-state index in [1.165, 1.54) is 0 Å². The van der Waals surface area contributed by atoms with E-state index in [1.807, 2.05) is 0 Å². The number of benzene rings is 2. The summed E-state index contributed by atoms with van der Waals surface area (Å²) in [5.41, 5.74) is -0.521. The molecule has 0 radical (unpaired) electrons. The summed E-state index contributed by atoms with van der Waals surface area (Å²) in [6, 6.07) is 3.46. The third-order valence-electron chi connectivity index (χ3n) is 2.99. The van der Waals surface area contributed by atoms with Gasteiger partial charge in [0.25, 0.3) is 0 Å². The van der Waals surface area contributed by atoms with E-state index < -0.39 is 71.9 Å². The second-order valence-corrected chi connectivity index (χ2v) is 7.87. The van der Waals surface area contributed by atoms with Gasteiger partial charge in [-0.3, -0.25) is 0 Å². The van der Waals surface area contributed by atoms with Crippen LogP contribution >= 0.6 is 0 Å². The van der Waals surface area contributed by atoms with Gasteiger partial charge >= 0.3 is 153 Å². The second kappa shape index (κ2) is 7.34. The fourth-order valence-corrected chi connectivity index (χ4v) is 4.10. The molecule has 25 heavy (non-hydrogen) atoms. The molecule has 0 fully saturated rings. The first-order valence-electron chi connectivity index (χ1n) is 6.54. The number of phenols is 6. The van der Waals surface area contributed by atoms with E-state index in [2.05, 4.69) is 0 Å². The van der Waals surface area contributed by atoms with Gasteiger partial charge in [-0.2, -0.15) is 0 Å². The van der Waals surface area contributed by atoms with Crippen molar-refractivity contribution in [1.82, 2.24) is 0 Å². The minimum absolute atomic E-state index is 0.260. The maximum absolute atomic E-state index is 11.8. The molecule has 6 N–H and O–H groups in total. The molecule has 0 amide bonds. The summed E-state index contributed by atoms with van der Waals surface area (Å²) >= 11 is -2.99. The zero-order valence-electron chi connectivity index (χ0n) is 12.3. The Balaban J connectivity index is 1.98. The predicted octanol–water partition coefficient (Wildman–Crippen LogP) is 0.846. The molecule has 0 unspecified atom stereocenters. The maximum atomic E-state index is 11.8. The van der Waals surface area contributed by atoms with Crippen LogP contribution in [0.3, 0.4) is 0 Å². The summed E-state index contributed by atoms with van der Waals surface area (Å²) < 4.78 is 9.63. The zero-order valence-corrected chi connectivity index (χ0v) is 17.8. The van der Waals surface area contributed by atoms with E-state index in [0.717, 1.165) is 24.3 Å². The van der Waals surface area contributed by atoms with Crippen LogP contribution in [0.5, 0.6) is 34.5 Å². The summed E-state index contributed by atoms with van der Waals surface area (Å²) in [7, 11) is 0. The van der Waals surface area contributed by atoms with Crippen molar-refractivity contribution in [3.8, 4) is 34.5 Å². The van der Waals surface area contributed by atoms with E-state index in [-0.39, 0.29) is 11.1 Å². The average Bonchev–Trinajstić information content (AvgIpc) is 2.56. The Labute approximate surface area is 152 Å². The zero-order chi connectivity index (χ0) is 18.7. The molecule has 11 heteroatoms. The normalized spacial score (nSPS) is 9.92. The molecule has 0 heterocycles. The van der Waals surface area contributed by atoms with E-state index >= 15 is 0 Å². The molecule has 0 aliphatic rings. The standard InChI is InChI=1S/2C7H6O5.Hg/c2*8-4-1-3(7(11)12)2-5(9)6(4)10;/h2*1-2,8-10H,(H,11,12);/q;;+2/p-2. The SMILES string of the molecule is O=C([O][Hg][O]C(=O)c1cc(O)c(O)c(O)c1)c1cc(O)c(O)c(O)c1. The molecule has 2 rings (SSSR count). The molecule has 10 nitrogen and oxygen atoms in total. The Hall–Kier alpha value is -2.88. The van der Waals surface area contributed by atoms with E-state index in [1.54, 1.807) is 0 Å². The van der Waals surface area contributed by atoms with Gasteiger partial charge in [-0.15, -0.1) is 0 Å². The van der Waals surface area contributed by atoms with E-state index in [0.29, 0.717) is 0 Å². The van der Waals surface area contributed by atoms with Crippen LogP contribution in [0.15, 0.2) is 24.3 Å². The van der Waals surface area contributed by atoms with Gasteiger partial charge in [0.05, 0.1) is 0 Å².